The van der Waals surface area contributed by atoms with Crippen molar-refractivity contribution in [1.82, 2.24) is 25.5 Å². The molecule has 4 aromatic rings. The number of pyridine rings is 2. The summed E-state index contributed by atoms with van der Waals surface area (Å²) < 4.78 is 12.0. The molecule has 1 aliphatic carbocycles. The molecule has 0 saturated carbocycles. The van der Waals surface area contributed by atoms with Crippen LogP contribution in [0.5, 0.6) is 11.8 Å². The Morgan fingerprint density at radius 3 is 2.58 bits per heavy atom. The predicted molar refractivity (Wildman–Crippen MR) is 196 cm³/mol. The van der Waals surface area contributed by atoms with Gasteiger partial charge in [0.2, 0.25) is 17.7 Å². The molecule has 7 rings (SSSR count). The van der Waals surface area contributed by atoms with E-state index in [1.807, 2.05) is 35.2 Å². The number of aliphatic carboxylic acids is 1. The smallest absolute Gasteiger partial charge is 0.320 e. The number of likely N-dealkylation sites (tertiary alicyclic amines) is 1. The van der Waals surface area contributed by atoms with E-state index in [9.17, 15) is 19.5 Å². The average Bonchev–Trinajstić information content (AvgIpc) is 3.73. The molecular weight excluding hydrogens is 707 g/mol. The van der Waals surface area contributed by atoms with Gasteiger partial charge in [0.1, 0.15) is 23.0 Å². The number of ether oxygens (including phenoxy) is 2. The number of fused-ring (bicyclic) bond motifs is 1. The summed E-state index contributed by atoms with van der Waals surface area (Å²) in [4.78, 5) is 47.1. The van der Waals surface area contributed by atoms with Crippen molar-refractivity contribution in [3.05, 3.63) is 98.7 Å². The highest BCUT2D eigenvalue weighted by Gasteiger charge is 2.34. The van der Waals surface area contributed by atoms with Crippen molar-refractivity contribution in [2.45, 2.75) is 63.4 Å². The third-order valence-electron chi connectivity index (χ3n) is 9.84. The molecule has 2 saturated heterocycles. The molecule has 12 nitrogen and oxygen atoms in total. The summed E-state index contributed by atoms with van der Waals surface area (Å²) in [7, 11) is 1.55. The fraction of sp³-hybridized carbons (Fsp3) is 0.342. The Labute approximate surface area is 310 Å². The molecule has 2 aromatic heterocycles. The number of carboxylic acid groups (broad SMARTS) is 1. The molecule has 2 fully saturated rings. The molecule has 4 N–H and O–H groups in total. The first-order valence-electron chi connectivity index (χ1n) is 17.2. The number of carbonyl (C=O) groups excluding carboxylic acids is 2. The lowest BCUT2D eigenvalue weighted by Gasteiger charge is -2.37. The lowest BCUT2D eigenvalue weighted by Crippen LogP contribution is -2.51. The molecule has 0 unspecified atom stereocenters. The molecule has 3 aliphatic rings. The maximum absolute atomic E-state index is 13.4. The highest BCUT2D eigenvalue weighted by molar-refractivity contribution is 6.37. The van der Waals surface area contributed by atoms with Crippen molar-refractivity contribution >= 4 is 46.8 Å². The van der Waals surface area contributed by atoms with Gasteiger partial charge in [0.15, 0.2) is 0 Å². The minimum atomic E-state index is -0.820. The molecule has 0 radical (unpaired) electrons. The Morgan fingerprint density at radius 1 is 1.04 bits per heavy atom. The molecule has 0 spiro atoms. The summed E-state index contributed by atoms with van der Waals surface area (Å²) in [6.07, 6.45) is 4.73. The second-order valence-corrected chi connectivity index (χ2v) is 14.0. The zero-order valence-electron chi connectivity index (χ0n) is 28.5. The van der Waals surface area contributed by atoms with Gasteiger partial charge in [-0.3, -0.25) is 19.3 Å². The van der Waals surface area contributed by atoms with Crippen LogP contribution in [0.3, 0.4) is 0 Å². The Balaban J connectivity index is 1.03. The molecule has 270 valence electrons. The molecule has 4 heterocycles. The second-order valence-electron chi connectivity index (χ2n) is 13.2. The molecule has 3 atom stereocenters. The Bertz CT molecular complexity index is 2010. The summed E-state index contributed by atoms with van der Waals surface area (Å²) in [5.74, 6) is -0.0979. The highest BCUT2D eigenvalue weighted by Crippen LogP contribution is 2.43. The van der Waals surface area contributed by atoms with Crippen LogP contribution in [0.1, 0.15) is 64.4 Å². The number of benzene rings is 2. The standard InChI is InChI=1S/C38H38Cl2N6O6/c1-51-36-22(18-41-19-23-9-13-33(47)43-23)16-29(39)37(45-36)52-31-11-10-25-24(4-2-5-26(25)31)27-6-3-7-28(34(27)40)35(48)44-32-12-8-21(17-42-32)20-46-15-14-30(46)38(49)50/h2-8,12,16-17,23,30-31,41H,9-11,13-15,18-20H2,1H3,(H,43,47)(H,49,50)(H,42,44,48)/t23-,30-,31-/m0/s1. The van der Waals surface area contributed by atoms with Crippen molar-refractivity contribution in [3.8, 4) is 22.9 Å². The molecule has 52 heavy (non-hydrogen) atoms. The number of rotatable bonds is 13. The first-order chi connectivity index (χ1) is 25.2. The molecule has 14 heteroatoms. The van der Waals surface area contributed by atoms with E-state index in [4.69, 9.17) is 32.7 Å². The van der Waals surface area contributed by atoms with E-state index in [1.165, 1.54) is 0 Å². The van der Waals surface area contributed by atoms with Gasteiger partial charge >= 0.3 is 5.97 Å². The van der Waals surface area contributed by atoms with Crippen molar-refractivity contribution in [1.29, 1.82) is 0 Å². The Morgan fingerprint density at radius 2 is 1.87 bits per heavy atom. The molecule has 2 amide bonds. The van der Waals surface area contributed by atoms with E-state index < -0.39 is 17.9 Å². The van der Waals surface area contributed by atoms with Gasteiger partial charge < -0.3 is 30.5 Å². The van der Waals surface area contributed by atoms with Crippen LogP contribution in [0, 0.1) is 0 Å². The number of nitrogens with zero attached hydrogens (tertiary/aromatic N) is 3. The van der Waals surface area contributed by atoms with E-state index in [-0.39, 0.29) is 23.9 Å². The van der Waals surface area contributed by atoms with Gasteiger partial charge in [0.05, 0.1) is 17.7 Å². The topological polar surface area (TPSA) is 155 Å². The van der Waals surface area contributed by atoms with Crippen LogP contribution in [0.2, 0.25) is 10.0 Å². The van der Waals surface area contributed by atoms with Crippen LogP contribution in [0.4, 0.5) is 5.82 Å². The number of hydrogen-bond donors (Lipinski definition) is 4. The number of aromatic nitrogens is 2. The number of nitrogens with one attached hydrogen (secondary N) is 3. The summed E-state index contributed by atoms with van der Waals surface area (Å²) in [6.45, 7) is 2.30. The molecule has 2 aliphatic heterocycles. The van der Waals surface area contributed by atoms with Crippen LogP contribution in [0.25, 0.3) is 11.1 Å². The van der Waals surface area contributed by atoms with Crippen LogP contribution >= 0.6 is 23.2 Å². The van der Waals surface area contributed by atoms with Crippen molar-refractivity contribution < 1.29 is 29.0 Å². The molecular formula is C38H38Cl2N6O6. The number of halogens is 2. The van der Waals surface area contributed by atoms with Crippen molar-refractivity contribution in [2.24, 2.45) is 0 Å². The van der Waals surface area contributed by atoms with E-state index in [0.717, 1.165) is 52.8 Å². The monoisotopic (exact) mass is 744 g/mol. The SMILES string of the molecule is COc1nc(O[C@H]2CCc3c(-c4cccc(C(=O)Nc5ccc(CN6CC[C@H]6C(=O)O)cn5)c4Cl)cccc32)c(Cl)cc1CNC[C@@H]1CCC(=O)N1. The van der Waals surface area contributed by atoms with Gasteiger partial charge in [0.25, 0.3) is 5.91 Å². The first-order valence-corrected chi connectivity index (χ1v) is 18.0. The fourth-order valence-corrected chi connectivity index (χ4v) is 7.58. The summed E-state index contributed by atoms with van der Waals surface area (Å²) in [6, 6.07) is 16.3. The maximum Gasteiger partial charge on any atom is 0.320 e. The zero-order chi connectivity index (χ0) is 36.4. The quantitative estimate of drug-likeness (QED) is 0.132. The lowest BCUT2D eigenvalue weighted by atomic mass is 9.95. The number of hydrogen-bond acceptors (Lipinski definition) is 9. The van der Waals surface area contributed by atoms with Crippen LogP contribution in [-0.4, -0.2) is 70.0 Å². The van der Waals surface area contributed by atoms with Crippen LogP contribution < -0.4 is 25.4 Å². The van der Waals surface area contributed by atoms with Gasteiger partial charge in [-0.2, -0.15) is 4.98 Å². The number of anilines is 1. The summed E-state index contributed by atoms with van der Waals surface area (Å²) >= 11 is 13.6. The highest BCUT2D eigenvalue weighted by atomic mass is 35.5. The number of methoxy groups -OCH3 is 1. The average molecular weight is 746 g/mol. The predicted octanol–water partition coefficient (Wildman–Crippen LogP) is 5.80. The fourth-order valence-electron chi connectivity index (χ4n) is 7.05. The van der Waals surface area contributed by atoms with E-state index in [0.29, 0.717) is 66.2 Å². The molecule has 0 bridgehead atoms. The van der Waals surface area contributed by atoms with E-state index >= 15 is 0 Å². The second kappa shape index (κ2) is 15.5. The van der Waals surface area contributed by atoms with E-state index in [1.54, 1.807) is 37.6 Å². The van der Waals surface area contributed by atoms with Crippen molar-refractivity contribution in [3.63, 3.8) is 0 Å². The summed E-state index contributed by atoms with van der Waals surface area (Å²) in [5.41, 5.74) is 5.64. The van der Waals surface area contributed by atoms with Gasteiger partial charge in [-0.1, -0.05) is 59.6 Å². The molecule has 2 aromatic carbocycles. The number of carbonyl (C=O) groups is 3. The first kappa shape index (κ1) is 35.6. The van der Waals surface area contributed by atoms with Gasteiger partial charge in [-0.05, 0) is 66.1 Å². The maximum atomic E-state index is 13.4. The largest absolute Gasteiger partial charge is 0.481 e. The van der Waals surface area contributed by atoms with Crippen molar-refractivity contribution in [2.75, 3.05) is 25.5 Å². The zero-order valence-corrected chi connectivity index (χ0v) is 30.0. The number of carboxylic acids is 1. The minimum Gasteiger partial charge on any atom is -0.481 e. The Kier molecular flexibility index (Phi) is 10.6. The Hall–Kier alpha value is -4.75. The minimum absolute atomic E-state index is 0.0748. The third kappa shape index (κ3) is 7.56. The van der Waals surface area contributed by atoms with Crippen LogP contribution in [-0.2, 0) is 29.1 Å². The van der Waals surface area contributed by atoms with E-state index in [2.05, 4.69) is 25.9 Å². The summed E-state index contributed by atoms with van der Waals surface area (Å²) in [5, 5.41) is 19.1. The normalized spacial score (nSPS) is 19.4. The lowest BCUT2D eigenvalue weighted by molar-refractivity contribution is -0.148. The number of amides is 2. The van der Waals surface area contributed by atoms with Crippen LogP contribution in [0.15, 0.2) is 60.8 Å². The van der Waals surface area contributed by atoms with Gasteiger partial charge in [-0.15, -0.1) is 0 Å². The van der Waals surface area contributed by atoms with Gasteiger partial charge in [-0.25, -0.2) is 4.98 Å². The van der Waals surface area contributed by atoms with Gasteiger partial charge in [0, 0.05) is 56.0 Å². The third-order valence-corrected chi connectivity index (χ3v) is 10.5.